The smallest absolute Gasteiger partial charge is 0.191 e. The minimum absolute atomic E-state index is 0.212. The van der Waals surface area contributed by atoms with Gasteiger partial charge in [0.1, 0.15) is 12.4 Å². The van der Waals surface area contributed by atoms with Crippen LogP contribution in [0.25, 0.3) is 0 Å². The lowest BCUT2D eigenvalue weighted by Crippen LogP contribution is -2.38. The van der Waals surface area contributed by atoms with E-state index in [1.807, 2.05) is 0 Å². The van der Waals surface area contributed by atoms with Gasteiger partial charge in [-0.2, -0.15) is 0 Å². The van der Waals surface area contributed by atoms with E-state index in [1.54, 1.807) is 0 Å². The second kappa shape index (κ2) is 12.6. The third-order valence-corrected chi connectivity index (χ3v) is 4.49. The molecule has 1 saturated heterocycles. The molecule has 1 atom stereocenters. The Morgan fingerprint density at radius 1 is 1.32 bits per heavy atom. The van der Waals surface area contributed by atoms with Gasteiger partial charge in [0.05, 0.1) is 18.8 Å². The lowest BCUT2D eigenvalue weighted by atomic mass is 10.1. The van der Waals surface area contributed by atoms with Gasteiger partial charge in [0, 0.05) is 31.9 Å². The SMILES string of the molecule is CCNC(=NCc1ccc(C)cc1OCC1CCCO1)NCCCOC(C)C. The molecule has 0 bridgehead atoms. The molecule has 1 heterocycles. The summed E-state index contributed by atoms with van der Waals surface area (Å²) < 4.78 is 17.3. The molecule has 1 unspecified atom stereocenters. The highest BCUT2D eigenvalue weighted by Crippen LogP contribution is 2.23. The first-order valence-electron chi connectivity index (χ1n) is 10.6. The van der Waals surface area contributed by atoms with Crippen molar-refractivity contribution >= 4 is 5.96 Å². The number of benzene rings is 1. The van der Waals surface area contributed by atoms with Gasteiger partial charge in [-0.1, -0.05) is 12.1 Å². The van der Waals surface area contributed by atoms with Crippen LogP contribution in [-0.4, -0.2) is 51.1 Å². The fourth-order valence-corrected chi connectivity index (χ4v) is 2.99. The molecule has 1 fully saturated rings. The molecule has 28 heavy (non-hydrogen) atoms. The van der Waals surface area contributed by atoms with Gasteiger partial charge in [-0.15, -0.1) is 0 Å². The molecule has 6 nitrogen and oxygen atoms in total. The molecule has 0 spiro atoms. The normalized spacial score (nSPS) is 17.2. The summed E-state index contributed by atoms with van der Waals surface area (Å²) in [6.45, 7) is 12.7. The van der Waals surface area contributed by atoms with Crippen molar-refractivity contribution in [1.82, 2.24) is 10.6 Å². The zero-order valence-corrected chi connectivity index (χ0v) is 17.9. The summed E-state index contributed by atoms with van der Waals surface area (Å²) in [7, 11) is 0. The van der Waals surface area contributed by atoms with Crippen LogP contribution in [-0.2, 0) is 16.0 Å². The number of ether oxygens (including phenoxy) is 3. The summed E-state index contributed by atoms with van der Waals surface area (Å²) in [5.41, 5.74) is 2.27. The van der Waals surface area contributed by atoms with Crippen molar-refractivity contribution in [2.45, 2.75) is 65.7 Å². The van der Waals surface area contributed by atoms with Crippen molar-refractivity contribution in [2.75, 3.05) is 32.9 Å². The minimum atomic E-state index is 0.212. The molecule has 1 aliphatic heterocycles. The topological polar surface area (TPSA) is 64.1 Å². The van der Waals surface area contributed by atoms with Crippen molar-refractivity contribution in [2.24, 2.45) is 4.99 Å². The highest BCUT2D eigenvalue weighted by atomic mass is 16.5. The van der Waals surface area contributed by atoms with Crippen molar-refractivity contribution in [1.29, 1.82) is 0 Å². The van der Waals surface area contributed by atoms with E-state index >= 15 is 0 Å². The van der Waals surface area contributed by atoms with Gasteiger partial charge in [-0.05, 0) is 58.6 Å². The van der Waals surface area contributed by atoms with Crippen LogP contribution in [0.3, 0.4) is 0 Å². The second-order valence-electron chi connectivity index (χ2n) is 7.45. The summed E-state index contributed by atoms with van der Waals surface area (Å²) in [5, 5.41) is 6.67. The molecule has 0 aromatic heterocycles. The molecule has 1 aromatic rings. The molecule has 6 heteroatoms. The minimum Gasteiger partial charge on any atom is -0.491 e. The summed E-state index contributed by atoms with van der Waals surface area (Å²) in [5.74, 6) is 1.72. The van der Waals surface area contributed by atoms with Crippen LogP contribution in [0.1, 0.15) is 51.2 Å². The number of aryl methyl sites for hydroxylation is 1. The third-order valence-electron chi connectivity index (χ3n) is 4.49. The van der Waals surface area contributed by atoms with Crippen LogP contribution >= 0.6 is 0 Å². The Morgan fingerprint density at radius 3 is 2.89 bits per heavy atom. The number of nitrogens with one attached hydrogen (secondary N) is 2. The molecule has 0 saturated carbocycles. The number of guanidine groups is 1. The van der Waals surface area contributed by atoms with Gasteiger partial charge in [-0.3, -0.25) is 0 Å². The number of hydrogen-bond acceptors (Lipinski definition) is 4. The van der Waals surface area contributed by atoms with Crippen molar-refractivity contribution < 1.29 is 14.2 Å². The Hall–Kier alpha value is -1.79. The first-order chi connectivity index (χ1) is 13.6. The van der Waals surface area contributed by atoms with Crippen LogP contribution < -0.4 is 15.4 Å². The van der Waals surface area contributed by atoms with E-state index in [4.69, 9.17) is 19.2 Å². The highest BCUT2D eigenvalue weighted by molar-refractivity contribution is 5.79. The second-order valence-corrected chi connectivity index (χ2v) is 7.45. The predicted molar refractivity (Wildman–Crippen MR) is 114 cm³/mol. The quantitative estimate of drug-likeness (QED) is 0.344. The number of hydrogen-bond donors (Lipinski definition) is 2. The Bertz CT molecular complexity index is 599. The standard InChI is InChI=1S/C22H37N3O3/c1-5-23-22(24-11-7-13-26-17(2)3)25-15-19-10-9-18(4)14-21(19)28-16-20-8-6-12-27-20/h9-10,14,17,20H,5-8,11-13,15-16H2,1-4H3,(H2,23,24,25). The van der Waals surface area contributed by atoms with Crippen LogP contribution in [0.4, 0.5) is 0 Å². The maximum absolute atomic E-state index is 6.08. The summed E-state index contributed by atoms with van der Waals surface area (Å²) in [6.07, 6.45) is 3.64. The van der Waals surface area contributed by atoms with E-state index in [2.05, 4.69) is 56.5 Å². The van der Waals surface area contributed by atoms with Crippen LogP contribution in [0.15, 0.2) is 23.2 Å². The fraction of sp³-hybridized carbons (Fsp3) is 0.682. The van der Waals surface area contributed by atoms with Crippen molar-refractivity contribution in [3.8, 4) is 5.75 Å². The molecule has 2 rings (SSSR count). The van der Waals surface area contributed by atoms with E-state index in [9.17, 15) is 0 Å². The molecule has 1 aromatic carbocycles. The van der Waals surface area contributed by atoms with E-state index in [-0.39, 0.29) is 12.2 Å². The Morgan fingerprint density at radius 2 is 2.18 bits per heavy atom. The fourth-order valence-electron chi connectivity index (χ4n) is 2.99. The Balaban J connectivity index is 1.90. The number of nitrogens with zero attached hydrogens (tertiary/aromatic N) is 1. The average Bonchev–Trinajstić information content (AvgIpc) is 3.18. The van der Waals surface area contributed by atoms with E-state index in [0.717, 1.165) is 62.8 Å². The van der Waals surface area contributed by atoms with E-state index < -0.39 is 0 Å². The maximum atomic E-state index is 6.08. The van der Waals surface area contributed by atoms with Gasteiger partial charge < -0.3 is 24.8 Å². The maximum Gasteiger partial charge on any atom is 0.191 e. The van der Waals surface area contributed by atoms with Crippen molar-refractivity contribution in [3.05, 3.63) is 29.3 Å². The Labute approximate surface area is 170 Å². The molecule has 158 valence electrons. The zero-order chi connectivity index (χ0) is 20.2. The number of aliphatic imine (C=N–C) groups is 1. The average molecular weight is 392 g/mol. The van der Waals surface area contributed by atoms with Crippen molar-refractivity contribution in [3.63, 3.8) is 0 Å². The van der Waals surface area contributed by atoms with Crippen LogP contribution in [0.2, 0.25) is 0 Å². The van der Waals surface area contributed by atoms with Gasteiger partial charge in [-0.25, -0.2) is 4.99 Å². The van der Waals surface area contributed by atoms with Gasteiger partial charge in [0.25, 0.3) is 0 Å². The monoisotopic (exact) mass is 391 g/mol. The molecule has 0 radical (unpaired) electrons. The van der Waals surface area contributed by atoms with Crippen LogP contribution in [0, 0.1) is 6.92 Å². The van der Waals surface area contributed by atoms with Gasteiger partial charge in [0.15, 0.2) is 5.96 Å². The lowest BCUT2D eigenvalue weighted by molar-refractivity contribution is 0.0676. The lowest BCUT2D eigenvalue weighted by Gasteiger charge is -2.16. The predicted octanol–water partition coefficient (Wildman–Crippen LogP) is 3.42. The summed E-state index contributed by atoms with van der Waals surface area (Å²) in [4.78, 5) is 4.73. The summed E-state index contributed by atoms with van der Waals surface area (Å²) in [6, 6.07) is 6.29. The summed E-state index contributed by atoms with van der Waals surface area (Å²) >= 11 is 0. The van der Waals surface area contributed by atoms with Crippen LogP contribution in [0.5, 0.6) is 5.75 Å². The zero-order valence-electron chi connectivity index (χ0n) is 17.9. The molecule has 2 N–H and O–H groups in total. The van der Waals surface area contributed by atoms with E-state index in [1.165, 1.54) is 5.56 Å². The van der Waals surface area contributed by atoms with Gasteiger partial charge >= 0.3 is 0 Å². The van der Waals surface area contributed by atoms with E-state index in [0.29, 0.717) is 13.2 Å². The molecular formula is C22H37N3O3. The first kappa shape index (κ1) is 22.5. The first-order valence-corrected chi connectivity index (χ1v) is 10.6. The molecule has 0 amide bonds. The number of rotatable bonds is 11. The Kier molecular flexibility index (Phi) is 10.1. The van der Waals surface area contributed by atoms with Gasteiger partial charge in [0.2, 0.25) is 0 Å². The molecular weight excluding hydrogens is 354 g/mol. The molecule has 1 aliphatic rings. The molecule has 0 aliphatic carbocycles. The largest absolute Gasteiger partial charge is 0.491 e. The third kappa shape index (κ3) is 8.48. The highest BCUT2D eigenvalue weighted by Gasteiger charge is 2.17.